The second-order valence-electron chi connectivity index (χ2n) is 4.00. The Hall–Kier alpha value is -0.790. The van der Waals surface area contributed by atoms with E-state index in [9.17, 15) is 13.2 Å². The van der Waals surface area contributed by atoms with Crippen molar-refractivity contribution in [3.8, 4) is 0 Å². The van der Waals surface area contributed by atoms with E-state index >= 15 is 0 Å². The van der Waals surface area contributed by atoms with Crippen LogP contribution in [-0.2, 0) is 10.9 Å². The first-order chi connectivity index (χ1) is 8.88. The molecule has 0 aliphatic rings. The number of hydrogen-bond donors (Lipinski definition) is 2. The minimum atomic E-state index is -4.43. The third-order valence-corrected chi connectivity index (χ3v) is 2.99. The van der Waals surface area contributed by atoms with Crippen molar-refractivity contribution in [1.29, 1.82) is 0 Å². The summed E-state index contributed by atoms with van der Waals surface area (Å²) in [5.74, 6) is 0. The lowest BCUT2D eigenvalue weighted by Crippen LogP contribution is -2.27. The Balaban J connectivity index is 3.00. The highest BCUT2D eigenvalue weighted by molar-refractivity contribution is 9.10. The highest BCUT2D eigenvalue weighted by Gasteiger charge is 2.33. The maximum absolute atomic E-state index is 12.9. The van der Waals surface area contributed by atoms with Gasteiger partial charge in [0.25, 0.3) is 0 Å². The van der Waals surface area contributed by atoms with E-state index in [1.165, 1.54) is 19.2 Å². The number of rotatable bonds is 6. The Morgan fingerprint density at radius 1 is 1.42 bits per heavy atom. The van der Waals surface area contributed by atoms with Crippen LogP contribution in [0, 0.1) is 0 Å². The van der Waals surface area contributed by atoms with Crippen LogP contribution in [0.2, 0.25) is 0 Å². The minimum absolute atomic E-state index is 0.0302. The Kier molecular flexibility index (Phi) is 6.09. The number of aliphatic hydroxyl groups excluding tert-OH is 1. The molecule has 0 aliphatic heterocycles. The molecule has 1 aromatic carbocycles. The summed E-state index contributed by atoms with van der Waals surface area (Å²) in [5.41, 5.74) is -0.771. The second-order valence-corrected chi connectivity index (χ2v) is 4.91. The Morgan fingerprint density at radius 3 is 2.63 bits per heavy atom. The lowest BCUT2D eigenvalue weighted by Gasteiger charge is -2.21. The molecule has 3 nitrogen and oxygen atoms in total. The maximum Gasteiger partial charge on any atom is 0.418 e. The van der Waals surface area contributed by atoms with Gasteiger partial charge in [0.2, 0.25) is 0 Å². The van der Waals surface area contributed by atoms with Crippen LogP contribution >= 0.6 is 15.9 Å². The maximum atomic E-state index is 12.9. The quantitative estimate of drug-likeness (QED) is 0.834. The highest BCUT2D eigenvalue weighted by Crippen LogP contribution is 2.36. The van der Waals surface area contributed by atoms with E-state index in [1.54, 1.807) is 0 Å². The summed E-state index contributed by atoms with van der Waals surface area (Å²) in [6, 6.07) is 3.33. The Morgan fingerprint density at radius 2 is 2.11 bits per heavy atom. The topological polar surface area (TPSA) is 41.5 Å². The molecular weight excluding hydrogens is 327 g/mol. The van der Waals surface area contributed by atoms with Crippen LogP contribution in [0.15, 0.2) is 22.7 Å². The van der Waals surface area contributed by atoms with Gasteiger partial charge in [0.15, 0.2) is 0 Å². The van der Waals surface area contributed by atoms with E-state index in [4.69, 9.17) is 9.84 Å². The summed E-state index contributed by atoms with van der Waals surface area (Å²) in [5, 5.41) is 11.7. The summed E-state index contributed by atoms with van der Waals surface area (Å²) in [6.45, 7) is 0.0841. The third kappa shape index (κ3) is 5.00. The first kappa shape index (κ1) is 16.3. The molecule has 2 N–H and O–H groups in total. The number of alkyl halides is 3. The van der Waals surface area contributed by atoms with Crippen LogP contribution in [0.5, 0.6) is 0 Å². The number of halogens is 4. The van der Waals surface area contributed by atoms with E-state index in [0.717, 1.165) is 6.07 Å². The van der Waals surface area contributed by atoms with Gasteiger partial charge in [-0.3, -0.25) is 0 Å². The molecule has 108 valence electrons. The number of nitrogens with one attached hydrogen (secondary N) is 1. The monoisotopic (exact) mass is 341 g/mol. The Labute approximate surface area is 117 Å². The molecule has 0 amide bonds. The van der Waals surface area contributed by atoms with E-state index in [2.05, 4.69) is 21.2 Å². The molecule has 0 bridgehead atoms. The van der Waals surface area contributed by atoms with Crippen LogP contribution < -0.4 is 5.32 Å². The zero-order valence-corrected chi connectivity index (χ0v) is 11.9. The number of aliphatic hydroxyl groups is 1. The normalized spacial score (nSPS) is 13.4. The van der Waals surface area contributed by atoms with Gasteiger partial charge in [-0.05, 0) is 24.6 Å². The molecule has 0 radical (unpaired) electrons. The molecule has 1 aromatic rings. The van der Waals surface area contributed by atoms with E-state index in [-0.39, 0.29) is 24.9 Å². The van der Waals surface area contributed by atoms with Gasteiger partial charge in [-0.2, -0.15) is 13.2 Å². The average Bonchev–Trinajstić information content (AvgIpc) is 2.28. The summed E-state index contributed by atoms with van der Waals surface area (Å²) in [4.78, 5) is 0. The summed E-state index contributed by atoms with van der Waals surface area (Å²) in [6.07, 6.45) is -4.13. The van der Waals surface area contributed by atoms with Gasteiger partial charge in [-0.25, -0.2) is 0 Å². The van der Waals surface area contributed by atoms with Crippen molar-refractivity contribution in [3.63, 3.8) is 0 Å². The van der Waals surface area contributed by atoms with Gasteiger partial charge in [-0.15, -0.1) is 0 Å². The molecule has 0 saturated heterocycles. The highest BCUT2D eigenvalue weighted by atomic mass is 79.9. The van der Waals surface area contributed by atoms with Gasteiger partial charge in [0.05, 0.1) is 18.2 Å². The second kappa shape index (κ2) is 7.12. The molecule has 0 aliphatic carbocycles. The fraction of sp³-hybridized carbons (Fsp3) is 0.500. The molecule has 1 rings (SSSR count). The number of hydrogen-bond acceptors (Lipinski definition) is 3. The van der Waals surface area contributed by atoms with Gasteiger partial charge in [0, 0.05) is 23.9 Å². The van der Waals surface area contributed by atoms with Crippen molar-refractivity contribution in [3.05, 3.63) is 28.2 Å². The van der Waals surface area contributed by atoms with Gasteiger partial charge in [-0.1, -0.05) is 15.9 Å². The summed E-state index contributed by atoms with van der Waals surface area (Å²) in [7, 11) is 1.46. The lowest BCUT2D eigenvalue weighted by molar-refractivity contribution is -0.137. The Bertz CT molecular complexity index is 406. The molecule has 0 saturated carbocycles. The summed E-state index contributed by atoms with van der Waals surface area (Å²) >= 11 is 3.14. The zero-order chi connectivity index (χ0) is 14.5. The molecule has 1 unspecified atom stereocenters. The lowest BCUT2D eigenvalue weighted by atomic mass is 10.1. The van der Waals surface area contributed by atoms with Crippen molar-refractivity contribution < 1.29 is 23.0 Å². The minimum Gasteiger partial charge on any atom is -0.396 e. The van der Waals surface area contributed by atoms with Crippen LogP contribution in [-0.4, -0.2) is 31.5 Å². The summed E-state index contributed by atoms with van der Waals surface area (Å²) < 4.78 is 44.1. The smallest absolute Gasteiger partial charge is 0.396 e. The first-order valence-corrected chi connectivity index (χ1v) is 6.41. The van der Waals surface area contributed by atoms with Gasteiger partial charge in [0.1, 0.15) is 0 Å². The average molecular weight is 342 g/mol. The van der Waals surface area contributed by atoms with Crippen molar-refractivity contribution in [1.82, 2.24) is 0 Å². The third-order valence-electron chi connectivity index (χ3n) is 2.49. The predicted molar refractivity (Wildman–Crippen MR) is 70.1 cm³/mol. The molecule has 0 aromatic heterocycles. The number of methoxy groups -OCH3 is 1. The van der Waals surface area contributed by atoms with Gasteiger partial charge >= 0.3 is 6.18 Å². The van der Waals surface area contributed by atoms with Crippen molar-refractivity contribution in [2.45, 2.75) is 18.6 Å². The van der Waals surface area contributed by atoms with Crippen LogP contribution in [0.3, 0.4) is 0 Å². The van der Waals surface area contributed by atoms with E-state index in [0.29, 0.717) is 10.9 Å². The van der Waals surface area contributed by atoms with Crippen molar-refractivity contribution in [2.24, 2.45) is 0 Å². The molecule has 0 heterocycles. The molecular formula is C12H15BrF3NO2. The standard InChI is InChI=1S/C12H15BrF3NO2/c1-19-7-9(4-5-18)17-11-6-8(13)2-3-10(11)12(14,15)16/h2-3,6,9,17-18H,4-5,7H2,1H3. The number of anilines is 1. The largest absolute Gasteiger partial charge is 0.418 e. The first-order valence-electron chi connectivity index (χ1n) is 5.61. The number of benzene rings is 1. The fourth-order valence-corrected chi connectivity index (χ4v) is 2.02. The number of ether oxygens (including phenoxy) is 1. The van der Waals surface area contributed by atoms with E-state index < -0.39 is 11.7 Å². The molecule has 1 atom stereocenters. The predicted octanol–water partition coefficient (Wildman–Crippen LogP) is 3.28. The van der Waals surface area contributed by atoms with E-state index in [1.807, 2.05) is 0 Å². The van der Waals surface area contributed by atoms with Crippen LogP contribution in [0.25, 0.3) is 0 Å². The van der Waals surface area contributed by atoms with Crippen molar-refractivity contribution >= 4 is 21.6 Å². The van der Waals surface area contributed by atoms with Gasteiger partial charge < -0.3 is 15.2 Å². The molecule has 0 spiro atoms. The zero-order valence-electron chi connectivity index (χ0n) is 10.3. The fourth-order valence-electron chi connectivity index (χ4n) is 1.66. The van der Waals surface area contributed by atoms with Crippen LogP contribution in [0.4, 0.5) is 18.9 Å². The molecule has 19 heavy (non-hydrogen) atoms. The molecule has 7 heteroatoms. The van der Waals surface area contributed by atoms with Crippen molar-refractivity contribution in [2.75, 3.05) is 25.6 Å². The van der Waals surface area contributed by atoms with Crippen LogP contribution in [0.1, 0.15) is 12.0 Å². The molecule has 0 fully saturated rings. The SMILES string of the molecule is COCC(CCO)Nc1cc(Br)ccc1C(F)(F)F.